The van der Waals surface area contributed by atoms with E-state index >= 15 is 0 Å². The number of ether oxygens (including phenoxy) is 2. The van der Waals surface area contributed by atoms with Crippen LogP contribution in [0.25, 0.3) is 0 Å². The van der Waals surface area contributed by atoms with Crippen LogP contribution in [0.3, 0.4) is 0 Å². The lowest BCUT2D eigenvalue weighted by Crippen LogP contribution is -2.21. The third-order valence-corrected chi connectivity index (χ3v) is 2.00. The number of hydrogen-bond acceptors (Lipinski definition) is 4. The predicted molar refractivity (Wildman–Crippen MR) is 56.2 cm³/mol. The lowest BCUT2D eigenvalue weighted by molar-refractivity contribution is -0.149. The van der Waals surface area contributed by atoms with Crippen molar-refractivity contribution in [3.8, 4) is 0 Å². The molecule has 0 aromatic carbocycles. The number of carbonyl (C=O) groups excluding carboxylic acids is 2. The zero-order valence-corrected chi connectivity index (χ0v) is 10.1. The van der Waals surface area contributed by atoms with Crippen molar-refractivity contribution in [2.24, 2.45) is 11.3 Å². The van der Waals surface area contributed by atoms with Crippen LogP contribution in [0.2, 0.25) is 0 Å². The van der Waals surface area contributed by atoms with Crippen LogP contribution < -0.4 is 0 Å². The van der Waals surface area contributed by atoms with Crippen LogP contribution in [0.5, 0.6) is 0 Å². The lowest BCUT2D eigenvalue weighted by atomic mass is 9.98. The lowest BCUT2D eigenvalue weighted by Gasteiger charge is -2.13. The molecule has 1 atom stereocenters. The van der Waals surface area contributed by atoms with Crippen LogP contribution in [-0.4, -0.2) is 25.7 Å². The molecule has 1 aliphatic heterocycles. The molecule has 1 unspecified atom stereocenters. The maximum atomic E-state index is 10.6. The Bertz CT molecular complexity index is 227. The molecule has 88 valence electrons. The van der Waals surface area contributed by atoms with Gasteiger partial charge in [-0.25, -0.2) is 0 Å². The monoisotopic (exact) mass is 216 g/mol. The fraction of sp³-hybridized carbons (Fsp3) is 0.818. The molecule has 0 radical (unpaired) electrons. The Morgan fingerprint density at radius 2 is 2.00 bits per heavy atom. The number of carbonyl (C=O) groups is 2. The van der Waals surface area contributed by atoms with E-state index in [0.29, 0.717) is 6.61 Å². The fourth-order valence-electron chi connectivity index (χ4n) is 0.903. The zero-order valence-electron chi connectivity index (χ0n) is 10.1. The smallest absolute Gasteiger partial charge is 0.310 e. The normalized spacial score (nSPS) is 20.1. The first kappa shape index (κ1) is 13.9. The molecular weight excluding hydrogens is 196 g/mol. The van der Waals surface area contributed by atoms with E-state index in [1.54, 1.807) is 0 Å². The average Bonchev–Trinajstić information content (AvgIpc) is 2.49. The number of hydrogen-bond donors (Lipinski definition) is 0. The molecule has 1 saturated heterocycles. The van der Waals surface area contributed by atoms with Gasteiger partial charge in [-0.2, -0.15) is 0 Å². The first-order valence-corrected chi connectivity index (χ1v) is 5.04. The van der Waals surface area contributed by atoms with E-state index in [1.165, 1.54) is 7.11 Å². The van der Waals surface area contributed by atoms with Gasteiger partial charge in [-0.3, -0.25) is 9.59 Å². The molecule has 4 nitrogen and oxygen atoms in total. The van der Waals surface area contributed by atoms with E-state index < -0.39 is 0 Å². The van der Waals surface area contributed by atoms with Gasteiger partial charge in [0.15, 0.2) is 0 Å². The van der Waals surface area contributed by atoms with E-state index in [1.807, 2.05) is 27.7 Å². The van der Waals surface area contributed by atoms with Gasteiger partial charge in [-0.1, -0.05) is 6.92 Å². The van der Waals surface area contributed by atoms with Crippen LogP contribution in [0.15, 0.2) is 0 Å². The Morgan fingerprint density at radius 3 is 2.07 bits per heavy atom. The van der Waals surface area contributed by atoms with Gasteiger partial charge in [0.1, 0.15) is 0 Å². The van der Waals surface area contributed by atoms with Crippen LogP contribution in [0, 0.1) is 11.3 Å². The summed E-state index contributed by atoms with van der Waals surface area (Å²) in [5.74, 6) is -0.0579. The molecule has 0 bridgehead atoms. The number of rotatable bonds is 0. The van der Waals surface area contributed by atoms with Crippen molar-refractivity contribution in [3.05, 3.63) is 0 Å². The topological polar surface area (TPSA) is 52.6 Å². The van der Waals surface area contributed by atoms with Crippen molar-refractivity contribution in [1.82, 2.24) is 0 Å². The average molecular weight is 216 g/mol. The quantitative estimate of drug-likeness (QED) is 0.579. The van der Waals surface area contributed by atoms with E-state index in [0.717, 1.165) is 6.42 Å². The highest BCUT2D eigenvalue weighted by molar-refractivity contribution is 5.75. The second-order valence-electron chi connectivity index (χ2n) is 4.60. The molecule has 1 fully saturated rings. The second kappa shape index (κ2) is 5.73. The minimum absolute atomic E-state index is 0.0417. The van der Waals surface area contributed by atoms with Gasteiger partial charge in [-0.15, -0.1) is 0 Å². The van der Waals surface area contributed by atoms with Crippen LogP contribution >= 0.6 is 0 Å². The Labute approximate surface area is 90.9 Å². The Balaban J connectivity index is 0.000000262. The van der Waals surface area contributed by atoms with Crippen LogP contribution in [0.1, 0.15) is 34.1 Å². The van der Waals surface area contributed by atoms with Gasteiger partial charge in [-0.05, 0) is 27.2 Å². The van der Waals surface area contributed by atoms with Gasteiger partial charge in [0.25, 0.3) is 0 Å². The molecule has 1 aliphatic rings. The van der Waals surface area contributed by atoms with Crippen molar-refractivity contribution in [3.63, 3.8) is 0 Å². The summed E-state index contributed by atoms with van der Waals surface area (Å²) < 4.78 is 9.10. The van der Waals surface area contributed by atoms with Gasteiger partial charge < -0.3 is 9.47 Å². The summed E-state index contributed by atoms with van der Waals surface area (Å²) in [6.45, 7) is 7.96. The largest absolute Gasteiger partial charge is 0.469 e. The molecule has 0 amide bonds. The second-order valence-corrected chi connectivity index (χ2v) is 4.60. The Kier molecular flexibility index (Phi) is 5.33. The molecule has 4 heteroatoms. The van der Waals surface area contributed by atoms with Crippen molar-refractivity contribution < 1.29 is 19.1 Å². The maximum Gasteiger partial charge on any atom is 0.310 e. The summed E-state index contributed by atoms with van der Waals surface area (Å²) in [5.41, 5.74) is -0.352. The van der Waals surface area contributed by atoms with E-state index in [9.17, 15) is 9.59 Å². The summed E-state index contributed by atoms with van der Waals surface area (Å²) in [5, 5.41) is 0. The number of methoxy groups -OCH3 is 1. The fourth-order valence-corrected chi connectivity index (χ4v) is 0.903. The molecule has 15 heavy (non-hydrogen) atoms. The van der Waals surface area contributed by atoms with E-state index in [-0.39, 0.29) is 23.3 Å². The highest BCUT2D eigenvalue weighted by Gasteiger charge is 2.21. The van der Waals surface area contributed by atoms with Crippen molar-refractivity contribution >= 4 is 11.9 Å². The van der Waals surface area contributed by atoms with Crippen LogP contribution in [0.4, 0.5) is 0 Å². The Morgan fingerprint density at radius 1 is 1.47 bits per heavy atom. The Hall–Kier alpha value is -1.06. The van der Waals surface area contributed by atoms with Gasteiger partial charge in [0, 0.05) is 0 Å². The molecule has 0 spiro atoms. The van der Waals surface area contributed by atoms with E-state index in [4.69, 9.17) is 0 Å². The summed E-state index contributed by atoms with van der Waals surface area (Å²) in [7, 11) is 1.40. The van der Waals surface area contributed by atoms with Crippen molar-refractivity contribution in [2.45, 2.75) is 34.1 Å². The third kappa shape index (κ3) is 5.40. The van der Waals surface area contributed by atoms with Gasteiger partial charge >= 0.3 is 11.9 Å². The maximum absolute atomic E-state index is 10.6. The van der Waals surface area contributed by atoms with Crippen molar-refractivity contribution in [1.29, 1.82) is 0 Å². The molecule has 0 aromatic heterocycles. The highest BCUT2D eigenvalue weighted by atomic mass is 16.5. The molecular formula is C11H20O4. The molecule has 0 N–H and O–H groups in total. The number of cyclic esters (lactones) is 1. The standard InChI is InChI=1S/C6H12O2.C5H8O2/c1-6(2,3)5(7)8-4;1-4-2-3-7-5(4)6/h1-4H3;4H,2-3H2,1H3. The van der Waals surface area contributed by atoms with Crippen LogP contribution in [-0.2, 0) is 19.1 Å². The van der Waals surface area contributed by atoms with Gasteiger partial charge in [0.2, 0.25) is 0 Å². The molecule has 0 aliphatic carbocycles. The van der Waals surface area contributed by atoms with Gasteiger partial charge in [0.05, 0.1) is 25.0 Å². The van der Waals surface area contributed by atoms with E-state index in [2.05, 4.69) is 9.47 Å². The molecule has 0 aromatic rings. The highest BCUT2D eigenvalue weighted by Crippen LogP contribution is 2.13. The predicted octanol–water partition coefficient (Wildman–Crippen LogP) is 1.77. The molecule has 1 heterocycles. The zero-order chi connectivity index (χ0) is 12.1. The first-order valence-electron chi connectivity index (χ1n) is 5.04. The summed E-state index contributed by atoms with van der Waals surface area (Å²) in [6.07, 6.45) is 0.902. The minimum atomic E-state index is -0.352. The summed E-state index contributed by atoms with van der Waals surface area (Å²) >= 11 is 0. The third-order valence-electron chi connectivity index (χ3n) is 2.00. The first-order chi connectivity index (χ1) is 6.79. The van der Waals surface area contributed by atoms with Crippen molar-refractivity contribution in [2.75, 3.05) is 13.7 Å². The minimum Gasteiger partial charge on any atom is -0.469 e. The molecule has 1 rings (SSSR count). The molecule has 0 saturated carbocycles. The summed E-state index contributed by atoms with van der Waals surface area (Å²) in [4.78, 5) is 21.0. The number of esters is 2. The summed E-state index contributed by atoms with van der Waals surface area (Å²) in [6, 6.07) is 0. The SMILES string of the molecule is CC1CCOC1=O.COC(=O)C(C)(C)C.